The quantitative estimate of drug-likeness (QED) is 0.570. The molecule has 2 nitrogen and oxygen atoms in total. The molecule has 1 N–H and O–H groups in total. The highest BCUT2D eigenvalue weighted by Crippen LogP contribution is 2.53. The lowest BCUT2D eigenvalue weighted by Crippen LogP contribution is -2.44. The SMILES string of the molecule is C=CC[C@H]1[C@H](C(=C)C)C[C@H]2O[C@@]2(C)[C@H]1O. The third kappa shape index (κ3) is 1.56. The highest BCUT2D eigenvalue weighted by molar-refractivity contribution is 5.17. The summed E-state index contributed by atoms with van der Waals surface area (Å²) in [7, 11) is 0. The first-order valence-electron chi connectivity index (χ1n) is 5.63. The molecule has 1 heterocycles. The molecule has 2 rings (SSSR count). The van der Waals surface area contributed by atoms with E-state index in [1.165, 1.54) is 0 Å². The number of epoxide rings is 1. The molecule has 84 valence electrons. The van der Waals surface area contributed by atoms with Gasteiger partial charge in [-0.1, -0.05) is 18.2 Å². The Labute approximate surface area is 91.6 Å². The van der Waals surface area contributed by atoms with E-state index in [0.29, 0.717) is 5.92 Å². The lowest BCUT2D eigenvalue weighted by atomic mass is 9.69. The van der Waals surface area contributed by atoms with Crippen LogP contribution in [-0.4, -0.2) is 22.9 Å². The highest BCUT2D eigenvalue weighted by atomic mass is 16.6. The van der Waals surface area contributed by atoms with Gasteiger partial charge >= 0.3 is 0 Å². The van der Waals surface area contributed by atoms with Gasteiger partial charge in [-0.25, -0.2) is 0 Å². The molecule has 0 unspecified atom stereocenters. The van der Waals surface area contributed by atoms with Crippen molar-refractivity contribution >= 4 is 0 Å². The van der Waals surface area contributed by atoms with E-state index in [9.17, 15) is 5.11 Å². The van der Waals surface area contributed by atoms with E-state index < -0.39 is 0 Å². The Hall–Kier alpha value is -0.600. The number of aliphatic hydroxyl groups excluding tert-OH is 1. The highest BCUT2D eigenvalue weighted by Gasteiger charge is 2.63. The first-order valence-corrected chi connectivity index (χ1v) is 5.63. The van der Waals surface area contributed by atoms with Crippen LogP contribution in [0.2, 0.25) is 0 Å². The van der Waals surface area contributed by atoms with E-state index in [0.717, 1.165) is 18.4 Å². The molecule has 0 aromatic heterocycles. The fraction of sp³-hybridized carbons (Fsp3) is 0.692. The van der Waals surface area contributed by atoms with Gasteiger partial charge in [-0.2, -0.15) is 0 Å². The molecule has 2 fully saturated rings. The summed E-state index contributed by atoms with van der Waals surface area (Å²) < 4.78 is 5.61. The van der Waals surface area contributed by atoms with Crippen molar-refractivity contribution in [3.8, 4) is 0 Å². The number of hydrogen-bond acceptors (Lipinski definition) is 2. The molecule has 1 saturated heterocycles. The van der Waals surface area contributed by atoms with Gasteiger partial charge in [-0.05, 0) is 38.5 Å². The molecule has 2 aliphatic rings. The predicted molar refractivity (Wildman–Crippen MR) is 60.5 cm³/mol. The van der Waals surface area contributed by atoms with Gasteiger partial charge in [-0.3, -0.25) is 0 Å². The maximum Gasteiger partial charge on any atom is 0.118 e. The van der Waals surface area contributed by atoms with Crippen LogP contribution in [0.15, 0.2) is 24.8 Å². The number of fused-ring (bicyclic) bond motifs is 1. The zero-order valence-electron chi connectivity index (χ0n) is 9.57. The lowest BCUT2D eigenvalue weighted by Gasteiger charge is -2.36. The van der Waals surface area contributed by atoms with Gasteiger partial charge in [0.1, 0.15) is 5.60 Å². The van der Waals surface area contributed by atoms with Crippen molar-refractivity contribution in [2.45, 2.75) is 44.5 Å². The van der Waals surface area contributed by atoms with Crippen molar-refractivity contribution in [1.82, 2.24) is 0 Å². The van der Waals surface area contributed by atoms with Crippen LogP contribution < -0.4 is 0 Å². The summed E-state index contributed by atoms with van der Waals surface area (Å²) in [6.45, 7) is 11.8. The molecular formula is C13H20O2. The van der Waals surface area contributed by atoms with E-state index in [4.69, 9.17) is 4.74 Å². The van der Waals surface area contributed by atoms with Crippen LogP contribution in [0, 0.1) is 11.8 Å². The Kier molecular flexibility index (Phi) is 2.52. The fourth-order valence-corrected chi connectivity index (χ4v) is 2.92. The number of rotatable bonds is 3. The van der Waals surface area contributed by atoms with Gasteiger partial charge in [-0.15, -0.1) is 6.58 Å². The smallest absolute Gasteiger partial charge is 0.118 e. The summed E-state index contributed by atoms with van der Waals surface area (Å²) in [6, 6.07) is 0. The average Bonchev–Trinajstić information content (AvgIpc) is 2.83. The second-order valence-electron chi connectivity index (χ2n) is 5.11. The molecule has 0 amide bonds. The molecule has 0 bridgehead atoms. The summed E-state index contributed by atoms with van der Waals surface area (Å²) in [5.74, 6) is 0.599. The predicted octanol–water partition coefficient (Wildman–Crippen LogP) is 2.29. The minimum atomic E-state index is -0.379. The van der Waals surface area contributed by atoms with Gasteiger partial charge in [0.15, 0.2) is 0 Å². The van der Waals surface area contributed by atoms with Gasteiger partial charge in [0.2, 0.25) is 0 Å². The van der Waals surface area contributed by atoms with E-state index in [1.54, 1.807) is 0 Å². The van der Waals surface area contributed by atoms with Crippen LogP contribution >= 0.6 is 0 Å². The van der Waals surface area contributed by atoms with Crippen LogP contribution in [0.25, 0.3) is 0 Å². The molecular weight excluding hydrogens is 188 g/mol. The third-order valence-corrected chi connectivity index (χ3v) is 4.03. The summed E-state index contributed by atoms with van der Waals surface area (Å²) >= 11 is 0. The molecule has 0 radical (unpaired) electrons. The van der Waals surface area contributed by atoms with Crippen LogP contribution in [0.4, 0.5) is 0 Å². The second kappa shape index (κ2) is 3.46. The standard InChI is InChI=1S/C13H20O2/c1-5-6-9-10(8(2)3)7-11-13(4,15-11)12(9)14/h5,9-12,14H,1-2,6-7H2,3-4H3/t9-,10-,11+,12-,13+/m0/s1. The molecule has 1 aliphatic carbocycles. The molecule has 1 aliphatic heterocycles. The first-order chi connectivity index (χ1) is 7.00. The summed E-state index contributed by atoms with van der Waals surface area (Å²) in [5.41, 5.74) is 0.859. The van der Waals surface area contributed by atoms with Crippen molar-refractivity contribution in [2.75, 3.05) is 0 Å². The van der Waals surface area contributed by atoms with Gasteiger partial charge < -0.3 is 9.84 Å². The lowest BCUT2D eigenvalue weighted by molar-refractivity contribution is 0.0120. The Bertz CT molecular complexity index is 297. The number of ether oxygens (including phenoxy) is 1. The summed E-state index contributed by atoms with van der Waals surface area (Å²) in [4.78, 5) is 0. The van der Waals surface area contributed by atoms with E-state index in [2.05, 4.69) is 13.2 Å². The molecule has 0 spiro atoms. The third-order valence-electron chi connectivity index (χ3n) is 4.03. The summed E-state index contributed by atoms with van der Waals surface area (Å²) in [5, 5.41) is 10.3. The molecule has 0 aromatic rings. The number of hydrogen-bond donors (Lipinski definition) is 1. The zero-order chi connectivity index (χ0) is 11.2. The normalized spacial score (nSPS) is 48.2. The Morgan fingerprint density at radius 1 is 1.67 bits per heavy atom. The monoisotopic (exact) mass is 208 g/mol. The number of allylic oxidation sites excluding steroid dienone is 2. The molecule has 1 saturated carbocycles. The van der Waals surface area contributed by atoms with Crippen molar-refractivity contribution < 1.29 is 9.84 Å². The van der Waals surface area contributed by atoms with Crippen molar-refractivity contribution in [2.24, 2.45) is 11.8 Å². The molecule has 15 heavy (non-hydrogen) atoms. The largest absolute Gasteiger partial charge is 0.390 e. The minimum Gasteiger partial charge on any atom is -0.390 e. The van der Waals surface area contributed by atoms with E-state index in [1.807, 2.05) is 19.9 Å². The average molecular weight is 208 g/mol. The van der Waals surface area contributed by atoms with Crippen molar-refractivity contribution in [3.63, 3.8) is 0 Å². The topological polar surface area (TPSA) is 32.8 Å². The van der Waals surface area contributed by atoms with Crippen molar-refractivity contribution in [3.05, 3.63) is 24.8 Å². The van der Waals surface area contributed by atoms with Crippen LogP contribution in [-0.2, 0) is 4.74 Å². The minimum absolute atomic E-state index is 0.226. The molecule has 2 heteroatoms. The van der Waals surface area contributed by atoms with Gasteiger partial charge in [0.05, 0.1) is 12.2 Å². The summed E-state index contributed by atoms with van der Waals surface area (Å²) in [6.07, 6.45) is 3.58. The first kappa shape index (κ1) is 10.9. The van der Waals surface area contributed by atoms with E-state index >= 15 is 0 Å². The fourth-order valence-electron chi connectivity index (χ4n) is 2.92. The van der Waals surface area contributed by atoms with Gasteiger partial charge in [0, 0.05) is 0 Å². The van der Waals surface area contributed by atoms with Crippen LogP contribution in [0.1, 0.15) is 26.7 Å². The van der Waals surface area contributed by atoms with Gasteiger partial charge in [0.25, 0.3) is 0 Å². The van der Waals surface area contributed by atoms with E-state index in [-0.39, 0.29) is 23.7 Å². The van der Waals surface area contributed by atoms with Crippen LogP contribution in [0.5, 0.6) is 0 Å². The Morgan fingerprint density at radius 2 is 2.33 bits per heavy atom. The van der Waals surface area contributed by atoms with Crippen molar-refractivity contribution in [1.29, 1.82) is 0 Å². The Balaban J connectivity index is 2.19. The maximum atomic E-state index is 10.3. The second-order valence-corrected chi connectivity index (χ2v) is 5.11. The maximum absolute atomic E-state index is 10.3. The Morgan fingerprint density at radius 3 is 2.87 bits per heavy atom. The molecule has 5 atom stereocenters. The number of aliphatic hydroxyl groups is 1. The molecule has 0 aromatic carbocycles. The van der Waals surface area contributed by atoms with Crippen LogP contribution in [0.3, 0.4) is 0 Å². The zero-order valence-corrected chi connectivity index (χ0v) is 9.57.